The van der Waals surface area contributed by atoms with Gasteiger partial charge in [0.2, 0.25) is 17.7 Å². The Bertz CT molecular complexity index is 796. The molecule has 3 amide bonds. The monoisotopic (exact) mass is 454 g/mol. The molecule has 0 saturated heterocycles. The molecular weight excluding hydrogens is 424 g/mol. The summed E-state index contributed by atoms with van der Waals surface area (Å²) in [5, 5.41) is 25.5. The lowest BCUT2D eigenvalue weighted by atomic mass is 10.0. The summed E-state index contributed by atoms with van der Waals surface area (Å²) in [6.45, 7) is 3.20. The minimum Gasteiger partial charge on any atom is -0.481 e. The van der Waals surface area contributed by atoms with Gasteiger partial charge in [-0.2, -0.15) is 0 Å². The van der Waals surface area contributed by atoms with Gasteiger partial charge in [0.1, 0.15) is 18.1 Å². The second-order valence-corrected chi connectivity index (χ2v) is 7.63. The van der Waals surface area contributed by atoms with E-state index in [0.717, 1.165) is 0 Å². The fraction of sp³-hybridized carbons (Fsp3) is 0.579. The number of hydrogen-bond acceptors (Lipinski definition) is 7. The van der Waals surface area contributed by atoms with E-state index in [0.29, 0.717) is 5.69 Å². The molecule has 13 heteroatoms. The van der Waals surface area contributed by atoms with Gasteiger partial charge in [0.25, 0.3) is 0 Å². The molecule has 0 aliphatic carbocycles. The number of carboxylic acid groups (broad SMARTS) is 2. The summed E-state index contributed by atoms with van der Waals surface area (Å²) in [6, 6.07) is -3.62. The SMILES string of the molecule is CC(C)CC(NC(=O)C(Cc1cnc[nH]1)NC(=O)C(CCC(=O)O)NC(=O)CN)C(=O)O. The maximum absolute atomic E-state index is 12.8. The lowest BCUT2D eigenvalue weighted by molar-refractivity contribution is -0.142. The lowest BCUT2D eigenvalue weighted by Gasteiger charge is -2.24. The fourth-order valence-corrected chi connectivity index (χ4v) is 2.85. The molecule has 8 N–H and O–H groups in total. The van der Waals surface area contributed by atoms with Crippen molar-refractivity contribution >= 4 is 29.7 Å². The van der Waals surface area contributed by atoms with Gasteiger partial charge in [0.05, 0.1) is 12.9 Å². The smallest absolute Gasteiger partial charge is 0.326 e. The van der Waals surface area contributed by atoms with Crippen molar-refractivity contribution in [2.75, 3.05) is 6.54 Å². The summed E-state index contributed by atoms with van der Waals surface area (Å²) >= 11 is 0. The molecule has 32 heavy (non-hydrogen) atoms. The van der Waals surface area contributed by atoms with Gasteiger partial charge in [-0.25, -0.2) is 9.78 Å². The number of carboxylic acids is 2. The van der Waals surface area contributed by atoms with Crippen LogP contribution in [0.15, 0.2) is 12.5 Å². The molecule has 0 radical (unpaired) electrons. The number of hydrogen-bond donors (Lipinski definition) is 7. The van der Waals surface area contributed by atoms with Crippen molar-refractivity contribution in [1.29, 1.82) is 0 Å². The van der Waals surface area contributed by atoms with Crippen LogP contribution in [0.25, 0.3) is 0 Å². The van der Waals surface area contributed by atoms with Crippen molar-refractivity contribution in [3.8, 4) is 0 Å². The van der Waals surface area contributed by atoms with Crippen molar-refractivity contribution < 1.29 is 34.2 Å². The van der Waals surface area contributed by atoms with Crippen molar-refractivity contribution in [1.82, 2.24) is 25.9 Å². The van der Waals surface area contributed by atoms with Gasteiger partial charge in [0, 0.05) is 24.7 Å². The quantitative estimate of drug-likeness (QED) is 0.171. The van der Waals surface area contributed by atoms with E-state index in [1.165, 1.54) is 12.5 Å². The van der Waals surface area contributed by atoms with E-state index < -0.39 is 60.8 Å². The van der Waals surface area contributed by atoms with Gasteiger partial charge in [0.15, 0.2) is 0 Å². The van der Waals surface area contributed by atoms with E-state index in [-0.39, 0.29) is 25.2 Å². The Morgan fingerprint density at radius 2 is 1.66 bits per heavy atom. The highest BCUT2D eigenvalue weighted by atomic mass is 16.4. The average Bonchev–Trinajstić information content (AvgIpc) is 3.22. The van der Waals surface area contributed by atoms with Crippen molar-refractivity contribution in [2.45, 2.75) is 57.7 Å². The van der Waals surface area contributed by atoms with E-state index in [1.54, 1.807) is 13.8 Å². The van der Waals surface area contributed by atoms with Crippen molar-refractivity contribution in [3.63, 3.8) is 0 Å². The molecule has 0 aromatic carbocycles. The number of amides is 3. The van der Waals surface area contributed by atoms with Crippen LogP contribution in [-0.4, -0.2) is 74.5 Å². The van der Waals surface area contributed by atoms with Crippen LogP contribution in [-0.2, 0) is 30.4 Å². The number of aromatic amines is 1. The maximum atomic E-state index is 12.8. The number of imidazole rings is 1. The van der Waals surface area contributed by atoms with Gasteiger partial charge in [-0.05, 0) is 18.8 Å². The summed E-state index contributed by atoms with van der Waals surface area (Å²) in [5.74, 6) is -4.62. The Balaban J connectivity index is 3.03. The number of carbonyl (C=O) groups is 5. The van der Waals surface area contributed by atoms with Crippen molar-refractivity contribution in [3.05, 3.63) is 18.2 Å². The van der Waals surface area contributed by atoms with Crippen LogP contribution in [0.1, 0.15) is 38.8 Å². The molecule has 1 rings (SSSR count). The highest BCUT2D eigenvalue weighted by molar-refractivity contribution is 5.93. The predicted molar refractivity (Wildman–Crippen MR) is 111 cm³/mol. The Kier molecular flexibility index (Phi) is 10.8. The highest BCUT2D eigenvalue weighted by Crippen LogP contribution is 2.07. The Morgan fingerprint density at radius 1 is 1.03 bits per heavy atom. The molecule has 0 spiro atoms. The molecule has 0 fully saturated rings. The van der Waals surface area contributed by atoms with Crippen LogP contribution in [0.5, 0.6) is 0 Å². The van der Waals surface area contributed by atoms with E-state index >= 15 is 0 Å². The first-order valence-electron chi connectivity index (χ1n) is 10.1. The number of H-pyrrole nitrogens is 1. The molecule has 3 unspecified atom stereocenters. The van der Waals surface area contributed by atoms with Crippen LogP contribution in [0.3, 0.4) is 0 Å². The zero-order valence-electron chi connectivity index (χ0n) is 18.0. The number of aromatic nitrogens is 2. The number of rotatable bonds is 14. The molecule has 13 nitrogen and oxygen atoms in total. The molecule has 0 bridgehead atoms. The van der Waals surface area contributed by atoms with Crippen molar-refractivity contribution in [2.24, 2.45) is 11.7 Å². The summed E-state index contributed by atoms with van der Waals surface area (Å²) < 4.78 is 0. The first-order chi connectivity index (χ1) is 15.0. The van der Waals surface area contributed by atoms with E-state index in [2.05, 4.69) is 25.9 Å². The number of aliphatic carboxylic acids is 2. The fourth-order valence-electron chi connectivity index (χ4n) is 2.85. The molecule has 178 valence electrons. The zero-order valence-corrected chi connectivity index (χ0v) is 18.0. The number of carbonyl (C=O) groups excluding carboxylic acids is 3. The summed E-state index contributed by atoms with van der Waals surface area (Å²) in [5.41, 5.74) is 5.74. The Morgan fingerprint density at radius 3 is 2.16 bits per heavy atom. The molecule has 0 saturated carbocycles. The summed E-state index contributed by atoms with van der Waals surface area (Å²) in [6.07, 6.45) is 2.32. The van der Waals surface area contributed by atoms with Gasteiger partial charge in [-0.15, -0.1) is 0 Å². The van der Waals surface area contributed by atoms with E-state index in [1.807, 2.05) is 0 Å². The molecule has 0 aliphatic rings. The van der Waals surface area contributed by atoms with E-state index in [4.69, 9.17) is 10.8 Å². The van der Waals surface area contributed by atoms with Crippen LogP contribution in [0.4, 0.5) is 0 Å². The summed E-state index contributed by atoms with van der Waals surface area (Å²) in [7, 11) is 0. The van der Waals surface area contributed by atoms with Crippen LogP contribution < -0.4 is 21.7 Å². The van der Waals surface area contributed by atoms with Crippen LogP contribution in [0.2, 0.25) is 0 Å². The second-order valence-electron chi connectivity index (χ2n) is 7.63. The third kappa shape index (κ3) is 9.55. The summed E-state index contributed by atoms with van der Waals surface area (Å²) in [4.78, 5) is 66.3. The van der Waals surface area contributed by atoms with Crippen LogP contribution >= 0.6 is 0 Å². The predicted octanol–water partition coefficient (Wildman–Crippen LogP) is -1.64. The second kappa shape index (κ2) is 13.0. The lowest BCUT2D eigenvalue weighted by Crippen LogP contribution is -2.57. The first-order valence-corrected chi connectivity index (χ1v) is 10.1. The van der Waals surface area contributed by atoms with E-state index in [9.17, 15) is 29.1 Å². The zero-order chi connectivity index (χ0) is 24.3. The topological polar surface area (TPSA) is 217 Å². The molecule has 1 aromatic rings. The average molecular weight is 454 g/mol. The molecular formula is C19H30N6O7. The number of nitrogens with two attached hydrogens (primary N) is 1. The maximum Gasteiger partial charge on any atom is 0.326 e. The minimum atomic E-state index is -1.25. The third-order valence-electron chi connectivity index (χ3n) is 4.42. The van der Waals surface area contributed by atoms with Gasteiger partial charge in [-0.3, -0.25) is 19.2 Å². The standard InChI is InChI=1S/C19H30N6O7/c1-10(2)5-14(19(31)32)25-18(30)13(6-11-8-21-9-22-11)24-17(29)12(3-4-16(27)28)23-15(26)7-20/h8-10,12-14H,3-7,20H2,1-2H3,(H,21,22)(H,23,26)(H,24,29)(H,25,30)(H,27,28)(H,31,32). The number of nitrogens with zero attached hydrogens (tertiary/aromatic N) is 1. The highest BCUT2D eigenvalue weighted by Gasteiger charge is 2.30. The minimum absolute atomic E-state index is 0.0103. The molecule has 1 aromatic heterocycles. The first kappa shape index (κ1) is 26.6. The molecule has 1 heterocycles. The van der Waals surface area contributed by atoms with Crippen LogP contribution in [0, 0.1) is 5.92 Å². The largest absolute Gasteiger partial charge is 0.481 e. The number of nitrogens with one attached hydrogen (secondary N) is 4. The van der Waals surface area contributed by atoms with Gasteiger partial charge < -0.3 is 36.9 Å². The Labute approximate surface area is 184 Å². The third-order valence-corrected chi connectivity index (χ3v) is 4.42. The Hall–Kier alpha value is -3.48. The van der Waals surface area contributed by atoms with Gasteiger partial charge >= 0.3 is 11.9 Å². The van der Waals surface area contributed by atoms with Gasteiger partial charge in [-0.1, -0.05) is 13.8 Å². The molecule has 0 aliphatic heterocycles. The molecule has 3 atom stereocenters. The normalized spacial score (nSPS) is 13.6.